The first kappa shape index (κ1) is 22.2. The molecule has 0 aliphatic carbocycles. The first-order valence-electron chi connectivity index (χ1n) is 9.91. The lowest BCUT2D eigenvalue weighted by molar-refractivity contribution is -0.149. The summed E-state index contributed by atoms with van der Waals surface area (Å²) < 4.78 is 5.17. The third kappa shape index (κ3) is 6.54. The van der Waals surface area contributed by atoms with Crippen LogP contribution < -0.4 is 10.6 Å². The molecule has 0 aromatic heterocycles. The SMILES string of the molecule is N#Cc1ccc(NC(=O)COC(=O)C(Cc2ccccc2)NC(=O)c2ccccc2)cc1. The molecule has 0 fully saturated rings. The quantitative estimate of drug-likeness (QED) is 0.537. The van der Waals surface area contributed by atoms with Gasteiger partial charge in [0.25, 0.3) is 11.8 Å². The van der Waals surface area contributed by atoms with Crippen LogP contribution in [-0.4, -0.2) is 30.4 Å². The van der Waals surface area contributed by atoms with Gasteiger partial charge in [-0.3, -0.25) is 9.59 Å². The summed E-state index contributed by atoms with van der Waals surface area (Å²) >= 11 is 0. The molecule has 2 N–H and O–H groups in total. The predicted octanol–water partition coefficient (Wildman–Crippen LogP) is 3.08. The minimum absolute atomic E-state index is 0.218. The lowest BCUT2D eigenvalue weighted by Crippen LogP contribution is -2.44. The second kappa shape index (κ2) is 11.1. The number of nitrogens with zero attached hydrogens (tertiary/aromatic N) is 1. The number of carbonyl (C=O) groups excluding carboxylic acids is 3. The lowest BCUT2D eigenvalue weighted by atomic mass is 10.1. The van der Waals surface area contributed by atoms with E-state index in [0.29, 0.717) is 16.8 Å². The van der Waals surface area contributed by atoms with Crippen LogP contribution in [0.25, 0.3) is 0 Å². The molecular weight excluding hydrogens is 406 g/mol. The van der Waals surface area contributed by atoms with E-state index in [0.717, 1.165) is 5.56 Å². The van der Waals surface area contributed by atoms with Crippen LogP contribution in [0.2, 0.25) is 0 Å². The fourth-order valence-corrected chi connectivity index (χ4v) is 2.94. The Balaban J connectivity index is 1.62. The summed E-state index contributed by atoms with van der Waals surface area (Å²) in [5.41, 5.74) is 2.19. The fraction of sp³-hybridized carbons (Fsp3) is 0.120. The maximum atomic E-state index is 12.7. The summed E-state index contributed by atoms with van der Waals surface area (Å²) in [6.07, 6.45) is 0.218. The Morgan fingerprint density at radius 1 is 0.875 bits per heavy atom. The summed E-state index contributed by atoms with van der Waals surface area (Å²) in [7, 11) is 0. The Morgan fingerprint density at radius 3 is 2.12 bits per heavy atom. The van der Waals surface area contributed by atoms with Crippen LogP contribution >= 0.6 is 0 Å². The second-order valence-electron chi connectivity index (χ2n) is 6.93. The summed E-state index contributed by atoms with van der Waals surface area (Å²) in [5, 5.41) is 14.1. The topological polar surface area (TPSA) is 108 Å². The molecule has 1 atom stereocenters. The van der Waals surface area contributed by atoms with Gasteiger partial charge in [-0.2, -0.15) is 5.26 Å². The van der Waals surface area contributed by atoms with E-state index in [9.17, 15) is 14.4 Å². The highest BCUT2D eigenvalue weighted by molar-refractivity contribution is 5.97. The number of hydrogen-bond acceptors (Lipinski definition) is 5. The molecule has 0 saturated heterocycles. The van der Waals surface area contributed by atoms with Gasteiger partial charge in [-0.15, -0.1) is 0 Å². The van der Waals surface area contributed by atoms with Gasteiger partial charge in [-0.1, -0.05) is 48.5 Å². The molecule has 32 heavy (non-hydrogen) atoms. The largest absolute Gasteiger partial charge is 0.454 e. The Bertz CT molecular complexity index is 1110. The van der Waals surface area contributed by atoms with Gasteiger partial charge in [0.05, 0.1) is 11.6 Å². The van der Waals surface area contributed by atoms with Crippen molar-refractivity contribution in [3.63, 3.8) is 0 Å². The maximum Gasteiger partial charge on any atom is 0.329 e. The van der Waals surface area contributed by atoms with Gasteiger partial charge in [-0.05, 0) is 42.0 Å². The van der Waals surface area contributed by atoms with Gasteiger partial charge in [-0.25, -0.2) is 4.79 Å². The molecule has 160 valence electrons. The average Bonchev–Trinajstić information content (AvgIpc) is 2.83. The number of nitrogens with one attached hydrogen (secondary N) is 2. The number of hydrogen-bond donors (Lipinski definition) is 2. The minimum atomic E-state index is -0.965. The Kier molecular flexibility index (Phi) is 7.71. The second-order valence-corrected chi connectivity index (χ2v) is 6.93. The molecule has 2 amide bonds. The van der Waals surface area contributed by atoms with Crippen LogP contribution in [0, 0.1) is 11.3 Å². The smallest absolute Gasteiger partial charge is 0.329 e. The van der Waals surface area contributed by atoms with Crippen molar-refractivity contribution in [2.45, 2.75) is 12.5 Å². The van der Waals surface area contributed by atoms with Crippen LogP contribution in [0.3, 0.4) is 0 Å². The molecule has 7 nitrogen and oxygen atoms in total. The molecule has 1 unspecified atom stereocenters. The Labute approximate surface area is 185 Å². The molecule has 3 aromatic rings. The maximum absolute atomic E-state index is 12.7. The highest BCUT2D eigenvalue weighted by atomic mass is 16.5. The minimum Gasteiger partial charge on any atom is -0.454 e. The van der Waals surface area contributed by atoms with Gasteiger partial charge in [0, 0.05) is 17.7 Å². The number of benzene rings is 3. The van der Waals surface area contributed by atoms with Crippen LogP contribution in [0.4, 0.5) is 5.69 Å². The van der Waals surface area contributed by atoms with Gasteiger partial charge in [0.15, 0.2) is 6.61 Å². The Morgan fingerprint density at radius 2 is 1.50 bits per heavy atom. The lowest BCUT2D eigenvalue weighted by Gasteiger charge is -2.18. The number of anilines is 1. The van der Waals surface area contributed by atoms with E-state index in [1.165, 1.54) is 0 Å². The summed E-state index contributed by atoms with van der Waals surface area (Å²) in [4.78, 5) is 37.4. The van der Waals surface area contributed by atoms with E-state index in [4.69, 9.17) is 10.00 Å². The molecule has 0 saturated carbocycles. The summed E-state index contributed by atoms with van der Waals surface area (Å²) in [5.74, 6) is -1.66. The molecule has 0 bridgehead atoms. The van der Waals surface area contributed by atoms with Gasteiger partial charge < -0.3 is 15.4 Å². The zero-order valence-corrected chi connectivity index (χ0v) is 17.2. The average molecular weight is 427 g/mol. The van der Waals surface area contributed by atoms with Crippen molar-refractivity contribution in [2.24, 2.45) is 0 Å². The molecule has 0 aliphatic rings. The fourth-order valence-electron chi connectivity index (χ4n) is 2.94. The van der Waals surface area contributed by atoms with E-state index in [1.807, 2.05) is 36.4 Å². The molecule has 0 radical (unpaired) electrons. The molecule has 7 heteroatoms. The van der Waals surface area contributed by atoms with Crippen molar-refractivity contribution in [3.8, 4) is 6.07 Å². The van der Waals surface area contributed by atoms with E-state index in [1.54, 1.807) is 54.6 Å². The van der Waals surface area contributed by atoms with Crippen LogP contribution in [0.5, 0.6) is 0 Å². The summed E-state index contributed by atoms with van der Waals surface area (Å²) in [6, 6.07) is 25.1. The molecule has 3 aromatic carbocycles. The van der Waals surface area contributed by atoms with Crippen molar-refractivity contribution < 1.29 is 19.1 Å². The van der Waals surface area contributed by atoms with Crippen molar-refractivity contribution in [3.05, 3.63) is 102 Å². The van der Waals surface area contributed by atoms with Gasteiger partial charge in [0.2, 0.25) is 0 Å². The first-order chi connectivity index (χ1) is 15.5. The van der Waals surface area contributed by atoms with Crippen molar-refractivity contribution in [2.75, 3.05) is 11.9 Å². The monoisotopic (exact) mass is 427 g/mol. The van der Waals surface area contributed by atoms with Crippen LogP contribution in [0.1, 0.15) is 21.5 Å². The first-order valence-corrected chi connectivity index (χ1v) is 9.91. The standard InChI is InChI=1S/C25H21N3O4/c26-16-19-11-13-21(14-12-19)27-23(29)17-32-25(31)22(15-18-7-3-1-4-8-18)28-24(30)20-9-5-2-6-10-20/h1-14,22H,15,17H2,(H,27,29)(H,28,30). The highest BCUT2D eigenvalue weighted by Crippen LogP contribution is 2.10. The predicted molar refractivity (Wildman–Crippen MR) is 119 cm³/mol. The van der Waals surface area contributed by atoms with Gasteiger partial charge in [0.1, 0.15) is 6.04 Å². The number of rotatable bonds is 8. The number of esters is 1. The van der Waals surface area contributed by atoms with E-state index in [-0.39, 0.29) is 6.42 Å². The molecule has 0 aliphatic heterocycles. The summed E-state index contributed by atoms with van der Waals surface area (Å²) in [6.45, 7) is -0.509. The van der Waals surface area contributed by atoms with E-state index < -0.39 is 30.4 Å². The molecule has 3 rings (SSSR count). The number of amides is 2. The van der Waals surface area contributed by atoms with Crippen molar-refractivity contribution in [1.82, 2.24) is 5.32 Å². The Hall–Kier alpha value is -4.44. The third-order valence-corrected chi connectivity index (χ3v) is 4.55. The van der Waals surface area contributed by atoms with E-state index >= 15 is 0 Å². The number of carbonyl (C=O) groups is 3. The normalized spacial score (nSPS) is 11.0. The third-order valence-electron chi connectivity index (χ3n) is 4.55. The van der Waals surface area contributed by atoms with Crippen molar-refractivity contribution in [1.29, 1.82) is 5.26 Å². The molecular formula is C25H21N3O4. The van der Waals surface area contributed by atoms with Crippen LogP contribution in [-0.2, 0) is 20.7 Å². The van der Waals surface area contributed by atoms with E-state index in [2.05, 4.69) is 10.6 Å². The van der Waals surface area contributed by atoms with Crippen molar-refractivity contribution >= 4 is 23.5 Å². The zero-order chi connectivity index (χ0) is 22.8. The number of nitriles is 1. The van der Waals surface area contributed by atoms with Crippen LogP contribution in [0.15, 0.2) is 84.9 Å². The van der Waals surface area contributed by atoms with Gasteiger partial charge >= 0.3 is 5.97 Å². The molecule has 0 heterocycles. The highest BCUT2D eigenvalue weighted by Gasteiger charge is 2.24. The molecule has 0 spiro atoms. The number of ether oxygens (including phenoxy) is 1. The zero-order valence-electron chi connectivity index (χ0n) is 17.2.